The Bertz CT molecular complexity index is 2880. The smallest absolute Gasteiger partial charge is 0.146 e. The van der Waals surface area contributed by atoms with Crippen LogP contribution in [-0.2, 0) is 0 Å². The topological polar surface area (TPSA) is 56.0 Å². The summed E-state index contributed by atoms with van der Waals surface area (Å²) in [6.45, 7) is 0. The Hall–Kier alpha value is -6.72. The second-order valence-corrected chi connectivity index (χ2v) is 12.3. The molecule has 0 saturated carbocycles. The average Bonchev–Trinajstić information content (AvgIpc) is 3.60. The van der Waals surface area contributed by atoms with Gasteiger partial charge < -0.3 is 0 Å². The van der Waals surface area contributed by atoms with Crippen LogP contribution in [0.1, 0.15) is 0 Å². The van der Waals surface area contributed by atoms with Gasteiger partial charge in [0.25, 0.3) is 0 Å². The second-order valence-electron chi connectivity index (χ2n) is 12.3. The SMILES string of the molecule is c1ccc(-c2nc3c4cc(-c5cccc(-c6ccc7ccc8cccnc8c7n6)n5)ccc4c4ccccc4n3c2-c2ccccc2)cc1. The highest BCUT2D eigenvalue weighted by Gasteiger charge is 2.21. The number of para-hydroxylation sites is 1. The summed E-state index contributed by atoms with van der Waals surface area (Å²) < 4.78 is 2.33. The molecule has 0 radical (unpaired) electrons. The van der Waals surface area contributed by atoms with Crippen molar-refractivity contribution in [2.24, 2.45) is 0 Å². The van der Waals surface area contributed by atoms with E-state index in [1.807, 2.05) is 30.5 Å². The molecule has 228 valence electrons. The Morgan fingerprint density at radius 3 is 1.98 bits per heavy atom. The summed E-state index contributed by atoms with van der Waals surface area (Å²) in [7, 11) is 0. The van der Waals surface area contributed by atoms with E-state index in [0.29, 0.717) is 0 Å². The number of hydrogen-bond acceptors (Lipinski definition) is 4. The molecule has 5 aromatic heterocycles. The normalized spacial score (nSPS) is 11.7. The molecule has 0 spiro atoms. The fraction of sp³-hybridized carbons (Fsp3) is 0. The highest BCUT2D eigenvalue weighted by molar-refractivity contribution is 6.14. The van der Waals surface area contributed by atoms with Gasteiger partial charge in [-0.05, 0) is 41.8 Å². The first-order valence-electron chi connectivity index (χ1n) is 16.4. The Kier molecular flexibility index (Phi) is 6.11. The summed E-state index contributed by atoms with van der Waals surface area (Å²) in [5.41, 5.74) is 11.6. The van der Waals surface area contributed by atoms with Crippen LogP contribution in [0.25, 0.3) is 94.3 Å². The van der Waals surface area contributed by atoms with E-state index < -0.39 is 0 Å². The van der Waals surface area contributed by atoms with E-state index in [9.17, 15) is 0 Å². The molecule has 5 heterocycles. The van der Waals surface area contributed by atoms with Gasteiger partial charge in [-0.2, -0.15) is 0 Å². The molecular formula is C44H27N5. The van der Waals surface area contributed by atoms with E-state index in [-0.39, 0.29) is 0 Å². The van der Waals surface area contributed by atoms with Crippen LogP contribution in [0.3, 0.4) is 0 Å². The van der Waals surface area contributed by atoms with Crippen LogP contribution >= 0.6 is 0 Å². The summed E-state index contributed by atoms with van der Waals surface area (Å²) >= 11 is 0. The fourth-order valence-corrected chi connectivity index (χ4v) is 7.12. The van der Waals surface area contributed by atoms with Gasteiger partial charge in [0, 0.05) is 44.4 Å². The van der Waals surface area contributed by atoms with Crippen molar-refractivity contribution in [2.75, 3.05) is 0 Å². The van der Waals surface area contributed by atoms with Crippen LogP contribution in [0, 0.1) is 0 Å². The molecule has 0 N–H and O–H groups in total. The van der Waals surface area contributed by atoms with Crippen molar-refractivity contribution < 1.29 is 0 Å². The van der Waals surface area contributed by atoms with Crippen molar-refractivity contribution in [3.63, 3.8) is 0 Å². The lowest BCUT2D eigenvalue weighted by molar-refractivity contribution is 1.27. The molecule has 0 bridgehead atoms. The standard InChI is InChI=1S/C44H27N5/c1-3-11-28(12-4-1)42-43(31-13-5-2-6-14-31)49-39-19-8-7-16-34(39)33-24-22-32(27-35(33)44(49)48-42)36-17-9-18-37(46-36)38-25-23-30-21-20-29-15-10-26-45-40(29)41(30)47-38/h1-27H. The van der Waals surface area contributed by atoms with Crippen molar-refractivity contribution in [1.82, 2.24) is 24.3 Å². The maximum absolute atomic E-state index is 5.42. The van der Waals surface area contributed by atoms with E-state index in [1.165, 1.54) is 5.39 Å². The molecule has 10 rings (SSSR count). The first-order valence-corrected chi connectivity index (χ1v) is 16.4. The molecule has 5 nitrogen and oxygen atoms in total. The minimum atomic E-state index is 0.814. The molecule has 5 aromatic carbocycles. The van der Waals surface area contributed by atoms with Gasteiger partial charge in [0.2, 0.25) is 0 Å². The van der Waals surface area contributed by atoms with Crippen molar-refractivity contribution in [2.45, 2.75) is 0 Å². The third-order valence-corrected chi connectivity index (χ3v) is 9.41. The minimum absolute atomic E-state index is 0.814. The number of imidazole rings is 1. The van der Waals surface area contributed by atoms with E-state index >= 15 is 0 Å². The monoisotopic (exact) mass is 625 g/mol. The van der Waals surface area contributed by atoms with Crippen molar-refractivity contribution in [3.8, 4) is 45.2 Å². The van der Waals surface area contributed by atoms with Crippen LogP contribution in [-0.4, -0.2) is 24.3 Å². The van der Waals surface area contributed by atoms with Crippen LogP contribution < -0.4 is 0 Å². The van der Waals surface area contributed by atoms with Gasteiger partial charge in [0.15, 0.2) is 0 Å². The zero-order chi connectivity index (χ0) is 32.3. The van der Waals surface area contributed by atoms with Gasteiger partial charge in [-0.3, -0.25) is 9.38 Å². The molecule has 0 aliphatic rings. The second kappa shape index (κ2) is 10.9. The number of pyridine rings is 4. The molecule has 5 heteroatoms. The van der Waals surface area contributed by atoms with Crippen molar-refractivity contribution in [1.29, 1.82) is 0 Å². The summed E-state index contributed by atoms with van der Waals surface area (Å²) in [5.74, 6) is 0. The van der Waals surface area contributed by atoms with Gasteiger partial charge in [-0.15, -0.1) is 0 Å². The van der Waals surface area contributed by atoms with Crippen LogP contribution in [0.4, 0.5) is 0 Å². The number of rotatable bonds is 4. The van der Waals surface area contributed by atoms with Crippen LogP contribution in [0.15, 0.2) is 164 Å². The Labute approximate surface area is 281 Å². The maximum atomic E-state index is 5.42. The summed E-state index contributed by atoms with van der Waals surface area (Å²) in [6.07, 6.45) is 1.82. The molecule has 0 saturated heterocycles. The number of hydrogen-bond donors (Lipinski definition) is 0. The quantitative estimate of drug-likeness (QED) is 0.183. The summed E-state index contributed by atoms with van der Waals surface area (Å²) in [6, 6.07) is 54.8. The molecule has 0 aliphatic carbocycles. The lowest BCUT2D eigenvalue weighted by Gasteiger charge is -2.13. The molecule has 0 aliphatic heterocycles. The fourth-order valence-electron chi connectivity index (χ4n) is 7.12. The molecule has 0 unspecified atom stereocenters. The molecule has 0 amide bonds. The summed E-state index contributed by atoms with van der Waals surface area (Å²) in [4.78, 5) is 20.3. The van der Waals surface area contributed by atoms with E-state index in [1.54, 1.807) is 0 Å². The minimum Gasteiger partial charge on any atom is -0.291 e. The third kappa shape index (κ3) is 4.40. The van der Waals surface area contributed by atoms with Crippen molar-refractivity contribution in [3.05, 3.63) is 164 Å². The van der Waals surface area contributed by atoms with Gasteiger partial charge in [0.05, 0.1) is 45.0 Å². The number of fused-ring (bicyclic) bond motifs is 9. The Morgan fingerprint density at radius 1 is 0.408 bits per heavy atom. The Morgan fingerprint density at radius 2 is 1.12 bits per heavy atom. The van der Waals surface area contributed by atoms with Gasteiger partial charge in [-0.25, -0.2) is 15.0 Å². The molecular weight excluding hydrogens is 599 g/mol. The summed E-state index contributed by atoms with van der Waals surface area (Å²) in [5, 5.41) is 5.53. The highest BCUT2D eigenvalue weighted by Crippen LogP contribution is 2.40. The molecule has 0 fully saturated rings. The molecule has 49 heavy (non-hydrogen) atoms. The predicted molar refractivity (Wildman–Crippen MR) is 200 cm³/mol. The van der Waals surface area contributed by atoms with Gasteiger partial charge >= 0.3 is 0 Å². The first-order chi connectivity index (χ1) is 24.3. The highest BCUT2D eigenvalue weighted by atomic mass is 15.0. The van der Waals surface area contributed by atoms with Crippen LogP contribution in [0.2, 0.25) is 0 Å². The van der Waals surface area contributed by atoms with E-state index in [4.69, 9.17) is 15.0 Å². The van der Waals surface area contributed by atoms with Gasteiger partial charge in [-0.1, -0.05) is 121 Å². The largest absolute Gasteiger partial charge is 0.291 e. The van der Waals surface area contributed by atoms with Gasteiger partial charge in [0.1, 0.15) is 5.65 Å². The number of nitrogens with zero attached hydrogens (tertiary/aromatic N) is 5. The third-order valence-electron chi connectivity index (χ3n) is 9.41. The Balaban J connectivity index is 1.20. The molecule has 10 aromatic rings. The van der Waals surface area contributed by atoms with E-state index in [2.05, 4.69) is 143 Å². The average molecular weight is 626 g/mol. The molecule has 0 atom stereocenters. The zero-order valence-corrected chi connectivity index (χ0v) is 26.3. The maximum Gasteiger partial charge on any atom is 0.146 e. The number of benzene rings is 5. The van der Waals surface area contributed by atoms with Crippen LogP contribution in [0.5, 0.6) is 0 Å². The first kappa shape index (κ1) is 27.4. The zero-order valence-electron chi connectivity index (χ0n) is 26.3. The van der Waals surface area contributed by atoms with E-state index in [0.717, 1.165) is 88.9 Å². The number of aromatic nitrogens is 5. The predicted octanol–water partition coefficient (Wildman–Crippen LogP) is 10.8. The van der Waals surface area contributed by atoms with Crippen molar-refractivity contribution >= 4 is 49.1 Å². The lowest BCUT2D eigenvalue weighted by atomic mass is 10.0. The lowest BCUT2D eigenvalue weighted by Crippen LogP contribution is -1.95.